The van der Waals surface area contributed by atoms with E-state index in [4.69, 9.17) is 4.42 Å². The number of nitrogens with zero attached hydrogens (tertiary/aromatic N) is 1. The molecule has 2 aliphatic rings. The van der Waals surface area contributed by atoms with Crippen molar-refractivity contribution < 1.29 is 14.0 Å². The van der Waals surface area contributed by atoms with Crippen LogP contribution >= 0.6 is 15.9 Å². The Balaban J connectivity index is 1.28. The number of hydrogen-bond donors (Lipinski definition) is 1. The van der Waals surface area contributed by atoms with E-state index in [1.165, 1.54) is 0 Å². The summed E-state index contributed by atoms with van der Waals surface area (Å²) in [5, 5.41) is 5.03. The van der Waals surface area contributed by atoms with E-state index in [2.05, 4.69) is 21.2 Å². The Morgan fingerprint density at radius 3 is 2.66 bits per heavy atom. The van der Waals surface area contributed by atoms with Crippen molar-refractivity contribution in [1.29, 1.82) is 0 Å². The molecule has 3 atom stereocenters. The van der Waals surface area contributed by atoms with Gasteiger partial charge in [0.1, 0.15) is 17.2 Å². The first kappa shape index (κ1) is 19.6. The zero-order valence-electron chi connectivity index (χ0n) is 17.5. The molecule has 3 aromatic carbocycles. The lowest BCUT2D eigenvalue weighted by atomic mass is 10.1. The second-order valence-corrected chi connectivity index (χ2v) is 9.70. The first-order valence-corrected chi connectivity index (χ1v) is 11.6. The fourth-order valence-corrected chi connectivity index (χ4v) is 5.49. The lowest BCUT2D eigenvalue weighted by molar-refractivity contribution is -0.120. The Bertz CT molecular complexity index is 1410. The van der Waals surface area contributed by atoms with E-state index in [0.717, 1.165) is 38.4 Å². The number of hydrogen-bond acceptors (Lipinski definition) is 3. The Labute approximate surface area is 193 Å². The second kappa shape index (κ2) is 7.20. The van der Waals surface area contributed by atoms with E-state index in [-0.39, 0.29) is 17.9 Å². The molecule has 0 bridgehead atoms. The molecule has 2 amide bonds. The molecule has 4 aromatic rings. The number of rotatable bonds is 3. The summed E-state index contributed by atoms with van der Waals surface area (Å²) >= 11 is 3.45. The molecule has 1 saturated carbocycles. The Kier molecular flexibility index (Phi) is 4.40. The topological polar surface area (TPSA) is 62.6 Å². The number of benzene rings is 3. The maximum absolute atomic E-state index is 13.4. The van der Waals surface area contributed by atoms with Gasteiger partial charge in [0.05, 0.1) is 0 Å². The molecule has 1 N–H and O–H groups in total. The average molecular weight is 489 g/mol. The van der Waals surface area contributed by atoms with Gasteiger partial charge >= 0.3 is 0 Å². The number of para-hydroxylation sites is 1. The summed E-state index contributed by atoms with van der Waals surface area (Å²) in [6.45, 7) is 1.93. The van der Waals surface area contributed by atoms with Crippen molar-refractivity contribution in [2.24, 2.45) is 5.92 Å². The van der Waals surface area contributed by atoms with Crippen molar-refractivity contribution in [1.82, 2.24) is 4.90 Å². The highest BCUT2D eigenvalue weighted by atomic mass is 79.9. The minimum atomic E-state index is -0.453. The van der Waals surface area contributed by atoms with Crippen molar-refractivity contribution in [3.63, 3.8) is 0 Å². The van der Waals surface area contributed by atoms with Gasteiger partial charge in [0.2, 0.25) is 5.91 Å². The smallest absolute Gasteiger partial charge is 0.255 e. The summed E-state index contributed by atoms with van der Waals surface area (Å²) < 4.78 is 6.82. The second-order valence-electron chi connectivity index (χ2n) is 8.78. The quantitative estimate of drug-likeness (QED) is 0.390. The summed E-state index contributed by atoms with van der Waals surface area (Å²) in [5.41, 5.74) is 3.88. The van der Waals surface area contributed by atoms with Gasteiger partial charge < -0.3 is 14.6 Å². The number of carbonyl (C=O) groups excluding carboxylic acids is 2. The minimum Gasteiger partial charge on any atom is -0.456 e. The lowest BCUT2D eigenvalue weighted by Gasteiger charge is -2.27. The summed E-state index contributed by atoms with van der Waals surface area (Å²) in [6, 6.07) is 18.9. The van der Waals surface area contributed by atoms with E-state index in [1.807, 2.05) is 72.5 Å². The molecule has 0 spiro atoms. The van der Waals surface area contributed by atoms with Crippen LogP contribution in [0.25, 0.3) is 21.9 Å². The minimum absolute atomic E-state index is 0.0589. The summed E-state index contributed by atoms with van der Waals surface area (Å²) in [6.07, 6.45) is 1.70. The highest BCUT2D eigenvalue weighted by Gasteiger charge is 2.56. The van der Waals surface area contributed by atoms with Crippen LogP contribution in [0.1, 0.15) is 28.8 Å². The summed E-state index contributed by atoms with van der Waals surface area (Å²) in [7, 11) is 0. The maximum Gasteiger partial charge on any atom is 0.255 e. The number of aryl methyl sites for hydroxylation is 1. The SMILES string of the molecule is Cc1cc(Br)ccc1C(=O)N1[C@@H]2C[C@@H]2C[C@H]1C(=O)Nc1ccc2oc3ccccc3c2c1. The molecule has 0 unspecified atom stereocenters. The first-order valence-electron chi connectivity index (χ1n) is 10.8. The van der Waals surface area contributed by atoms with Gasteiger partial charge in [0, 0.05) is 32.5 Å². The van der Waals surface area contributed by atoms with E-state index in [0.29, 0.717) is 23.6 Å². The molecular weight excluding hydrogens is 468 g/mol. The number of fused-ring (bicyclic) bond motifs is 4. The molecule has 32 heavy (non-hydrogen) atoms. The zero-order chi connectivity index (χ0) is 22.0. The Morgan fingerprint density at radius 1 is 1.00 bits per heavy atom. The molecule has 1 saturated heterocycles. The molecule has 2 fully saturated rings. The third-order valence-corrected chi connectivity index (χ3v) is 7.20. The number of nitrogens with one attached hydrogen (secondary N) is 1. The van der Waals surface area contributed by atoms with Gasteiger partial charge in [-0.2, -0.15) is 0 Å². The molecule has 6 rings (SSSR count). The van der Waals surface area contributed by atoms with Crippen molar-refractivity contribution in [3.05, 3.63) is 76.3 Å². The molecule has 0 radical (unpaired) electrons. The van der Waals surface area contributed by atoms with Crippen LogP contribution in [-0.4, -0.2) is 28.8 Å². The Hall–Kier alpha value is -3.12. The molecule has 5 nitrogen and oxygen atoms in total. The average Bonchev–Trinajstić information content (AvgIpc) is 3.28. The van der Waals surface area contributed by atoms with E-state index < -0.39 is 6.04 Å². The molecule has 160 valence electrons. The standard InChI is InChI=1S/C26H21BrN2O3/c1-14-10-16(27)6-8-18(14)26(31)29-21-11-15(21)12-22(29)25(30)28-17-7-9-24-20(13-17)19-4-2-3-5-23(19)32-24/h2-10,13,15,21-22H,11-12H2,1H3,(H,28,30)/t15-,21-,22+/m1/s1. The number of anilines is 1. The molecule has 6 heteroatoms. The van der Waals surface area contributed by atoms with Crippen LogP contribution in [0.3, 0.4) is 0 Å². The van der Waals surface area contributed by atoms with Crippen molar-refractivity contribution in [2.45, 2.75) is 31.8 Å². The predicted molar refractivity (Wildman–Crippen MR) is 128 cm³/mol. The van der Waals surface area contributed by atoms with Gasteiger partial charge in [-0.15, -0.1) is 0 Å². The number of furan rings is 1. The van der Waals surface area contributed by atoms with Crippen LogP contribution in [-0.2, 0) is 4.79 Å². The third kappa shape index (κ3) is 3.13. The Morgan fingerprint density at radius 2 is 1.81 bits per heavy atom. The highest BCUT2D eigenvalue weighted by molar-refractivity contribution is 9.10. The van der Waals surface area contributed by atoms with Crippen molar-refractivity contribution >= 4 is 55.4 Å². The van der Waals surface area contributed by atoms with Gasteiger partial charge in [-0.1, -0.05) is 34.1 Å². The van der Waals surface area contributed by atoms with Gasteiger partial charge in [-0.3, -0.25) is 9.59 Å². The predicted octanol–water partition coefficient (Wildman–Crippen LogP) is 5.90. The van der Waals surface area contributed by atoms with Crippen LogP contribution in [0, 0.1) is 12.8 Å². The maximum atomic E-state index is 13.4. The number of carbonyl (C=O) groups is 2. The van der Waals surface area contributed by atoms with Crippen LogP contribution < -0.4 is 5.32 Å². The van der Waals surface area contributed by atoms with E-state index >= 15 is 0 Å². The normalized spacial score (nSPS) is 21.7. The third-order valence-electron chi connectivity index (χ3n) is 6.70. The van der Waals surface area contributed by atoms with Gasteiger partial charge in [-0.25, -0.2) is 0 Å². The van der Waals surface area contributed by atoms with Gasteiger partial charge in [0.15, 0.2) is 0 Å². The van der Waals surface area contributed by atoms with Crippen molar-refractivity contribution in [2.75, 3.05) is 5.32 Å². The van der Waals surface area contributed by atoms with Crippen LogP contribution in [0.2, 0.25) is 0 Å². The number of piperidine rings is 1. The number of halogens is 1. The fraction of sp³-hybridized carbons (Fsp3) is 0.231. The zero-order valence-corrected chi connectivity index (χ0v) is 19.1. The number of likely N-dealkylation sites (tertiary alicyclic amines) is 1. The number of amides is 2. The first-order chi connectivity index (χ1) is 15.5. The van der Waals surface area contributed by atoms with Crippen LogP contribution in [0.15, 0.2) is 69.6 Å². The highest BCUT2D eigenvalue weighted by Crippen LogP contribution is 2.48. The monoisotopic (exact) mass is 488 g/mol. The van der Waals surface area contributed by atoms with Crippen molar-refractivity contribution in [3.8, 4) is 0 Å². The largest absolute Gasteiger partial charge is 0.456 e. The molecular formula is C26H21BrN2O3. The molecule has 1 aliphatic carbocycles. The summed E-state index contributed by atoms with van der Waals surface area (Å²) in [5.74, 6) is 0.231. The van der Waals surface area contributed by atoms with Gasteiger partial charge in [0.25, 0.3) is 5.91 Å². The van der Waals surface area contributed by atoms with Crippen LogP contribution in [0.4, 0.5) is 5.69 Å². The van der Waals surface area contributed by atoms with Crippen LogP contribution in [0.5, 0.6) is 0 Å². The lowest BCUT2D eigenvalue weighted by Crippen LogP contribution is -2.45. The van der Waals surface area contributed by atoms with Gasteiger partial charge in [-0.05, 0) is 73.7 Å². The van der Waals surface area contributed by atoms with E-state index in [9.17, 15) is 9.59 Å². The molecule has 2 heterocycles. The fourth-order valence-electron chi connectivity index (χ4n) is 5.02. The molecule has 1 aromatic heterocycles. The summed E-state index contributed by atoms with van der Waals surface area (Å²) in [4.78, 5) is 28.5. The van der Waals surface area contributed by atoms with E-state index in [1.54, 1.807) is 0 Å². The molecule has 1 aliphatic heterocycles.